The Labute approximate surface area is 280 Å². The lowest BCUT2D eigenvalue weighted by Crippen LogP contribution is -2.10. The average molecular weight is 634 g/mol. The number of hydrogen-bond acceptors (Lipinski definition) is 3. The molecule has 47 heavy (non-hydrogen) atoms. The molecule has 0 saturated heterocycles. The Morgan fingerprint density at radius 3 is 1.74 bits per heavy atom. The molecule has 0 aliphatic rings. The van der Waals surface area contributed by atoms with E-state index in [0.717, 1.165) is 11.4 Å². The molecular weight excluding hydrogens is 607 g/mol. The van der Waals surface area contributed by atoms with Crippen LogP contribution in [0.3, 0.4) is 0 Å². The van der Waals surface area contributed by atoms with E-state index in [1.807, 2.05) is 22.7 Å². The maximum absolute atomic E-state index is 2.46. The minimum absolute atomic E-state index is 1.14. The summed E-state index contributed by atoms with van der Waals surface area (Å²) in [7, 11) is 0. The Balaban J connectivity index is 1.26. The lowest BCUT2D eigenvalue weighted by molar-refractivity contribution is 1.31. The molecule has 220 valence electrons. The van der Waals surface area contributed by atoms with E-state index in [1.165, 1.54) is 78.7 Å². The molecule has 1 nitrogen and oxygen atoms in total. The Bertz CT molecular complexity index is 2790. The molecule has 0 fully saturated rings. The summed E-state index contributed by atoms with van der Waals surface area (Å²) in [5.74, 6) is 0. The van der Waals surface area contributed by atoms with Crippen LogP contribution in [0.1, 0.15) is 0 Å². The molecule has 10 aromatic rings. The Morgan fingerprint density at radius 1 is 0.340 bits per heavy atom. The van der Waals surface area contributed by atoms with Crippen LogP contribution in [0, 0.1) is 0 Å². The van der Waals surface area contributed by atoms with Crippen molar-refractivity contribution in [2.45, 2.75) is 0 Å². The number of benzene rings is 8. The van der Waals surface area contributed by atoms with Crippen molar-refractivity contribution in [2.24, 2.45) is 0 Å². The first-order valence-electron chi connectivity index (χ1n) is 15.9. The third-order valence-electron chi connectivity index (χ3n) is 9.45. The summed E-state index contributed by atoms with van der Waals surface area (Å²) in [5, 5.41) is 10.5. The number of fused-ring (bicyclic) bond motifs is 11. The molecule has 0 spiro atoms. The van der Waals surface area contributed by atoms with Gasteiger partial charge in [0.05, 0.1) is 10.4 Å². The van der Waals surface area contributed by atoms with E-state index in [2.05, 4.69) is 169 Å². The van der Waals surface area contributed by atoms with Gasteiger partial charge in [-0.1, -0.05) is 121 Å². The van der Waals surface area contributed by atoms with Gasteiger partial charge >= 0.3 is 0 Å². The van der Waals surface area contributed by atoms with Crippen molar-refractivity contribution in [1.82, 2.24) is 0 Å². The third kappa shape index (κ3) is 4.14. The van der Waals surface area contributed by atoms with Crippen LogP contribution in [0.2, 0.25) is 0 Å². The predicted molar refractivity (Wildman–Crippen MR) is 207 cm³/mol. The number of nitrogens with zero attached hydrogens (tertiary/aromatic N) is 1. The second-order valence-corrected chi connectivity index (χ2v) is 14.2. The van der Waals surface area contributed by atoms with E-state index >= 15 is 0 Å². The summed E-state index contributed by atoms with van der Waals surface area (Å²) in [4.78, 5) is 2.46. The summed E-state index contributed by atoms with van der Waals surface area (Å²) in [5.41, 5.74) is 5.94. The Morgan fingerprint density at radius 2 is 0.936 bits per heavy atom. The molecule has 0 atom stereocenters. The summed E-state index contributed by atoms with van der Waals surface area (Å²) in [6, 6.07) is 60.0. The topological polar surface area (TPSA) is 3.24 Å². The number of hydrogen-bond donors (Lipinski definition) is 0. The SMILES string of the molecule is c1ccc(-c2ccc(N(c3ccc4sc5ccccc5c4c3)c3cccc4c3sc3c5ccccc5c5ccccc5c43)cc2)cc1. The summed E-state index contributed by atoms with van der Waals surface area (Å²) in [6.45, 7) is 0. The number of anilines is 3. The first-order chi connectivity index (χ1) is 23.3. The van der Waals surface area contributed by atoms with Crippen LogP contribution >= 0.6 is 22.7 Å². The standard InChI is InChI=1S/C44H27NS2/c1-2-11-28(12-3-1)29-21-23-30(24-22-29)45(31-25-26-41-38(27-31)34-15-8-9-20-40(34)46-41)39-19-10-18-37-42-35-16-6-4-13-32(35)33-14-5-7-17-36(33)44(42)47-43(37)39/h1-27H. The highest BCUT2D eigenvalue weighted by Crippen LogP contribution is 2.49. The Kier molecular flexibility index (Phi) is 5.98. The van der Waals surface area contributed by atoms with Crippen LogP contribution in [0.25, 0.3) is 73.0 Å². The van der Waals surface area contributed by atoms with Crippen LogP contribution in [-0.4, -0.2) is 0 Å². The van der Waals surface area contributed by atoms with Crippen molar-refractivity contribution in [3.05, 3.63) is 164 Å². The third-order valence-corrected chi connectivity index (χ3v) is 11.9. The molecule has 0 radical (unpaired) electrons. The first-order valence-corrected chi connectivity index (χ1v) is 17.6. The van der Waals surface area contributed by atoms with E-state index in [1.54, 1.807) is 0 Å². The van der Waals surface area contributed by atoms with Gasteiger partial charge in [-0.2, -0.15) is 0 Å². The van der Waals surface area contributed by atoms with Gasteiger partial charge in [0.15, 0.2) is 0 Å². The van der Waals surface area contributed by atoms with Crippen molar-refractivity contribution in [2.75, 3.05) is 4.90 Å². The smallest absolute Gasteiger partial charge is 0.0640 e. The maximum atomic E-state index is 2.46. The van der Waals surface area contributed by atoms with Gasteiger partial charge in [0.2, 0.25) is 0 Å². The second kappa shape index (κ2) is 10.5. The molecule has 0 amide bonds. The van der Waals surface area contributed by atoms with E-state index in [-0.39, 0.29) is 0 Å². The predicted octanol–water partition coefficient (Wildman–Crippen LogP) is 13.9. The molecule has 0 unspecified atom stereocenters. The van der Waals surface area contributed by atoms with Crippen LogP contribution in [0.4, 0.5) is 17.1 Å². The largest absolute Gasteiger partial charge is 0.309 e. The van der Waals surface area contributed by atoms with Crippen LogP contribution in [0.5, 0.6) is 0 Å². The molecule has 0 N–H and O–H groups in total. The fraction of sp³-hybridized carbons (Fsp3) is 0. The lowest BCUT2D eigenvalue weighted by Gasteiger charge is -2.26. The highest BCUT2D eigenvalue weighted by atomic mass is 32.1. The minimum atomic E-state index is 1.14. The molecular formula is C44H27NS2. The first kappa shape index (κ1) is 26.7. The minimum Gasteiger partial charge on any atom is -0.309 e. The zero-order chi connectivity index (χ0) is 30.9. The summed E-state index contributed by atoms with van der Waals surface area (Å²) >= 11 is 3.78. The van der Waals surface area contributed by atoms with Crippen molar-refractivity contribution in [3.63, 3.8) is 0 Å². The van der Waals surface area contributed by atoms with E-state index in [9.17, 15) is 0 Å². The van der Waals surface area contributed by atoms with Gasteiger partial charge in [-0.25, -0.2) is 0 Å². The molecule has 2 heterocycles. The second-order valence-electron chi connectivity index (χ2n) is 12.1. The normalized spacial score (nSPS) is 11.8. The average Bonchev–Trinajstić information content (AvgIpc) is 3.72. The molecule has 0 aliphatic heterocycles. The maximum Gasteiger partial charge on any atom is 0.0640 e. The van der Waals surface area contributed by atoms with Crippen molar-refractivity contribution in [3.8, 4) is 11.1 Å². The highest BCUT2D eigenvalue weighted by Gasteiger charge is 2.21. The van der Waals surface area contributed by atoms with Gasteiger partial charge in [-0.15, -0.1) is 22.7 Å². The van der Waals surface area contributed by atoms with Gasteiger partial charge in [0.25, 0.3) is 0 Å². The van der Waals surface area contributed by atoms with Gasteiger partial charge < -0.3 is 4.90 Å². The van der Waals surface area contributed by atoms with Gasteiger partial charge in [0.1, 0.15) is 0 Å². The molecule has 8 aromatic carbocycles. The molecule has 3 heteroatoms. The number of thiophene rings is 2. The molecule has 0 bridgehead atoms. The Hall–Kier alpha value is -5.48. The van der Waals surface area contributed by atoms with E-state index < -0.39 is 0 Å². The van der Waals surface area contributed by atoms with Crippen molar-refractivity contribution < 1.29 is 0 Å². The van der Waals surface area contributed by atoms with Crippen LogP contribution < -0.4 is 4.90 Å². The van der Waals surface area contributed by atoms with E-state index in [4.69, 9.17) is 0 Å². The fourth-order valence-electron chi connectivity index (χ4n) is 7.30. The quantitative estimate of drug-likeness (QED) is 0.174. The molecule has 10 rings (SSSR count). The van der Waals surface area contributed by atoms with Crippen molar-refractivity contribution >= 4 is 102 Å². The zero-order valence-electron chi connectivity index (χ0n) is 25.4. The zero-order valence-corrected chi connectivity index (χ0v) is 27.0. The fourth-order valence-corrected chi connectivity index (χ4v) is 9.75. The van der Waals surface area contributed by atoms with Gasteiger partial charge in [-0.05, 0) is 69.8 Å². The van der Waals surface area contributed by atoms with Gasteiger partial charge in [-0.3, -0.25) is 0 Å². The van der Waals surface area contributed by atoms with Gasteiger partial charge in [0, 0.05) is 52.4 Å². The van der Waals surface area contributed by atoms with E-state index in [0.29, 0.717) is 0 Å². The highest BCUT2D eigenvalue weighted by molar-refractivity contribution is 7.27. The van der Waals surface area contributed by atoms with Crippen LogP contribution in [0.15, 0.2) is 164 Å². The van der Waals surface area contributed by atoms with Crippen LogP contribution in [-0.2, 0) is 0 Å². The lowest BCUT2D eigenvalue weighted by atomic mass is 9.97. The monoisotopic (exact) mass is 633 g/mol. The molecule has 2 aromatic heterocycles. The molecule has 0 aliphatic carbocycles. The summed E-state index contributed by atoms with van der Waals surface area (Å²) < 4.78 is 5.28. The number of rotatable bonds is 4. The summed E-state index contributed by atoms with van der Waals surface area (Å²) in [6.07, 6.45) is 0. The molecule has 0 saturated carbocycles. The van der Waals surface area contributed by atoms with Crippen molar-refractivity contribution in [1.29, 1.82) is 0 Å².